The molecule has 0 amide bonds. The molecule has 0 aliphatic heterocycles. The number of aromatic hydroxyl groups is 4. The molecular formula is C73H108O12. The summed E-state index contributed by atoms with van der Waals surface area (Å²) in [5.74, 6) is -3.55. The number of phenols is 4. The number of hydrogen-bond acceptors (Lipinski definition) is 12. The summed E-state index contributed by atoms with van der Waals surface area (Å²) in [6, 6.07) is 15.0. The van der Waals surface area contributed by atoms with Gasteiger partial charge in [-0.1, -0.05) is 215 Å². The van der Waals surface area contributed by atoms with Gasteiger partial charge in [0.05, 0.1) is 11.8 Å². The summed E-state index contributed by atoms with van der Waals surface area (Å²) in [7, 11) is 0. The minimum Gasteiger partial charge on any atom is -0.507 e. The molecule has 85 heavy (non-hydrogen) atoms. The number of ether oxygens (including phenoxy) is 4. The van der Waals surface area contributed by atoms with E-state index in [-0.39, 0.29) is 48.7 Å². The normalized spacial score (nSPS) is 14.0. The zero-order valence-corrected chi connectivity index (χ0v) is 57.0. The maximum atomic E-state index is 14.7. The molecule has 4 aromatic rings. The molecule has 0 fully saturated rings. The van der Waals surface area contributed by atoms with Crippen molar-refractivity contribution in [3.8, 4) is 23.0 Å². The maximum Gasteiger partial charge on any atom is 0.313 e. The third-order valence-electron chi connectivity index (χ3n) is 16.1. The standard InChI is InChI=1S/C73H108O12/c1-43(47-35-53(69(15,16)17)61(78)54(36-47)70(18,19)20)63(80)84-41-73(39-82-57(74)29-27-45-31-49(65(3,4)5)59(76)50(32-45)66(6,7)8,40-83-58(75)30-28-46-33-51(67(9,10)11)60(77)52(34-46)68(12,13)14)42-85-64(81)44(2)48-37-55(71(21,22)23)62(79)56(38-48)72(24,25)26/h31-38,43-44,76-79H,27-30,39-42H2,1-26H3. The Morgan fingerprint density at radius 3 is 0.718 bits per heavy atom. The van der Waals surface area contributed by atoms with E-state index in [4.69, 9.17) is 18.9 Å². The lowest BCUT2D eigenvalue weighted by atomic mass is 9.77. The quantitative estimate of drug-likeness (QED) is 0.0546. The monoisotopic (exact) mass is 1180 g/mol. The Balaban J connectivity index is 1.86. The number of phenolic OH excluding ortho intramolecular Hbond substituents is 4. The number of hydrogen-bond donors (Lipinski definition) is 4. The Bertz CT molecular complexity index is 2710. The van der Waals surface area contributed by atoms with Crippen LogP contribution in [0.25, 0.3) is 0 Å². The first kappa shape index (κ1) is 71.4. The first-order valence-electron chi connectivity index (χ1n) is 30.4. The van der Waals surface area contributed by atoms with Crippen LogP contribution in [0.5, 0.6) is 23.0 Å². The van der Waals surface area contributed by atoms with Crippen molar-refractivity contribution in [3.63, 3.8) is 0 Å². The lowest BCUT2D eigenvalue weighted by Crippen LogP contribution is -2.44. The highest BCUT2D eigenvalue weighted by molar-refractivity contribution is 5.79. The molecule has 0 aromatic heterocycles. The fourth-order valence-electron chi connectivity index (χ4n) is 10.4. The summed E-state index contributed by atoms with van der Waals surface area (Å²) in [6.45, 7) is 49.5. The molecule has 0 heterocycles. The van der Waals surface area contributed by atoms with Crippen molar-refractivity contribution >= 4 is 23.9 Å². The van der Waals surface area contributed by atoms with Crippen molar-refractivity contribution in [3.05, 3.63) is 115 Å². The minimum absolute atomic E-state index is 0.0820. The Kier molecular flexibility index (Phi) is 21.6. The number of esters is 4. The van der Waals surface area contributed by atoms with Crippen LogP contribution in [0.2, 0.25) is 0 Å². The summed E-state index contributed by atoms with van der Waals surface area (Å²) >= 11 is 0. The van der Waals surface area contributed by atoms with Crippen LogP contribution < -0.4 is 0 Å². The maximum absolute atomic E-state index is 14.7. The zero-order valence-electron chi connectivity index (χ0n) is 57.0. The second-order valence-corrected chi connectivity index (χ2v) is 32.5. The molecule has 2 unspecified atom stereocenters. The smallest absolute Gasteiger partial charge is 0.313 e. The van der Waals surface area contributed by atoms with E-state index in [1.54, 1.807) is 13.8 Å². The lowest BCUT2D eigenvalue weighted by molar-refractivity contribution is -0.171. The van der Waals surface area contributed by atoms with Gasteiger partial charge in [0.15, 0.2) is 0 Å². The van der Waals surface area contributed by atoms with Crippen LogP contribution in [0.1, 0.15) is 271 Å². The molecule has 0 spiro atoms. The van der Waals surface area contributed by atoms with Crippen LogP contribution in [0.4, 0.5) is 0 Å². The van der Waals surface area contributed by atoms with Crippen LogP contribution >= 0.6 is 0 Å². The van der Waals surface area contributed by atoms with Crippen LogP contribution in [0, 0.1) is 5.41 Å². The Morgan fingerprint density at radius 2 is 0.518 bits per heavy atom. The van der Waals surface area contributed by atoms with Crippen LogP contribution in [0.3, 0.4) is 0 Å². The van der Waals surface area contributed by atoms with E-state index in [2.05, 4.69) is 0 Å². The average molecular weight is 1180 g/mol. The van der Waals surface area contributed by atoms with E-state index < -0.39 is 111 Å². The summed E-state index contributed by atoms with van der Waals surface area (Å²) in [4.78, 5) is 57.8. The van der Waals surface area contributed by atoms with Crippen LogP contribution in [-0.2, 0) is 94.3 Å². The van der Waals surface area contributed by atoms with Crippen molar-refractivity contribution < 1.29 is 58.6 Å². The largest absolute Gasteiger partial charge is 0.507 e. The first-order valence-corrected chi connectivity index (χ1v) is 30.4. The summed E-state index contributed by atoms with van der Waals surface area (Å²) in [6.07, 6.45) is 0.358. The fraction of sp³-hybridized carbons (Fsp3) is 0.616. The predicted molar refractivity (Wildman–Crippen MR) is 342 cm³/mol. The highest BCUT2D eigenvalue weighted by Crippen LogP contribution is 2.45. The van der Waals surface area contributed by atoms with Gasteiger partial charge in [-0.25, -0.2) is 0 Å². The molecule has 4 aromatic carbocycles. The second kappa shape index (κ2) is 25.7. The van der Waals surface area contributed by atoms with Gasteiger partial charge in [-0.15, -0.1) is 0 Å². The number of carbonyl (C=O) groups excluding carboxylic acids is 4. The van der Waals surface area contributed by atoms with Crippen LogP contribution in [-0.4, -0.2) is 70.7 Å². The highest BCUT2D eigenvalue weighted by atomic mass is 16.6. The van der Waals surface area contributed by atoms with Gasteiger partial charge in [0.1, 0.15) is 54.8 Å². The lowest BCUT2D eigenvalue weighted by Gasteiger charge is -2.33. The van der Waals surface area contributed by atoms with Crippen molar-refractivity contribution in [2.45, 2.75) is 261 Å². The zero-order chi connectivity index (χ0) is 65.3. The van der Waals surface area contributed by atoms with Crippen LogP contribution in [0.15, 0.2) is 48.5 Å². The number of benzene rings is 4. The highest BCUT2D eigenvalue weighted by Gasteiger charge is 2.41. The number of aryl methyl sites for hydroxylation is 2. The second-order valence-electron chi connectivity index (χ2n) is 32.5. The van der Waals surface area contributed by atoms with Gasteiger partial charge in [0, 0.05) is 12.8 Å². The third kappa shape index (κ3) is 18.5. The molecule has 0 radical (unpaired) electrons. The van der Waals surface area contributed by atoms with E-state index in [1.807, 2.05) is 215 Å². The summed E-state index contributed by atoms with van der Waals surface area (Å²) in [5, 5.41) is 46.1. The SMILES string of the molecule is CC(C(=O)OCC(COC(=O)CCc1cc(C(C)(C)C)c(O)c(C(C)(C)C)c1)(COC(=O)CCc1cc(C(C)(C)C)c(O)c(C(C)(C)C)c1)COC(=O)C(C)c1cc(C(C)(C)C)c(O)c(C(C)(C)C)c1)c1cc(C(C)(C)C)c(O)c(C(C)(C)C)c1. The fourth-order valence-corrected chi connectivity index (χ4v) is 10.4. The van der Waals surface area contributed by atoms with Gasteiger partial charge >= 0.3 is 23.9 Å². The van der Waals surface area contributed by atoms with Gasteiger partial charge in [0.2, 0.25) is 0 Å². The Hall–Kier alpha value is -6.04. The number of rotatable bonds is 18. The van der Waals surface area contributed by atoms with Crippen molar-refractivity contribution in [1.82, 2.24) is 0 Å². The van der Waals surface area contributed by atoms with Gasteiger partial charge in [-0.2, -0.15) is 0 Å². The van der Waals surface area contributed by atoms with Gasteiger partial charge in [0.25, 0.3) is 0 Å². The number of carbonyl (C=O) groups is 4. The predicted octanol–water partition coefficient (Wildman–Crippen LogP) is 16.2. The van der Waals surface area contributed by atoms with Crippen molar-refractivity contribution in [2.75, 3.05) is 26.4 Å². The van der Waals surface area contributed by atoms with E-state index in [1.165, 1.54) is 0 Å². The molecule has 4 rings (SSSR count). The first-order chi connectivity index (χ1) is 38.3. The van der Waals surface area contributed by atoms with Crippen molar-refractivity contribution in [1.29, 1.82) is 0 Å². The minimum atomic E-state index is -1.66. The van der Waals surface area contributed by atoms with E-state index >= 15 is 0 Å². The molecule has 472 valence electrons. The molecule has 0 aliphatic rings. The van der Waals surface area contributed by atoms with Crippen molar-refractivity contribution in [2.24, 2.45) is 5.41 Å². The molecular weight excluding hydrogens is 1070 g/mol. The Labute approximate surface area is 511 Å². The Morgan fingerprint density at radius 1 is 0.329 bits per heavy atom. The van der Waals surface area contributed by atoms with Gasteiger partial charge in [-0.3, -0.25) is 19.2 Å². The molecule has 0 bridgehead atoms. The van der Waals surface area contributed by atoms with Gasteiger partial charge in [-0.05, 0) is 137 Å². The molecule has 2 atom stereocenters. The summed E-state index contributed by atoms with van der Waals surface area (Å²) < 4.78 is 24.9. The third-order valence-corrected chi connectivity index (χ3v) is 16.1. The summed E-state index contributed by atoms with van der Waals surface area (Å²) in [5.41, 5.74) is 3.25. The van der Waals surface area contributed by atoms with Gasteiger partial charge < -0.3 is 39.4 Å². The van der Waals surface area contributed by atoms with E-state index in [9.17, 15) is 39.6 Å². The molecule has 4 N–H and O–H groups in total. The molecule has 12 nitrogen and oxygen atoms in total. The molecule has 0 saturated carbocycles. The van der Waals surface area contributed by atoms with E-state index in [0.29, 0.717) is 33.4 Å². The molecule has 0 saturated heterocycles. The topological polar surface area (TPSA) is 186 Å². The molecule has 0 aliphatic carbocycles. The molecule has 12 heteroatoms. The average Bonchev–Trinajstić information content (AvgIpc) is 1.58. The van der Waals surface area contributed by atoms with E-state index in [0.717, 1.165) is 33.4 Å².